The standard InChI is InChI=1S/C25H16F4N2/c1-15-13-30-25(31-14-15)7-4-17-9-21(26)20(22(27)10-17)6-3-16-2-5-18-11-23(28)24(29)12-19(18)8-16/h2,5,8-14H,4,7H2,1H3. The summed E-state index contributed by atoms with van der Waals surface area (Å²) in [4.78, 5) is 8.37. The highest BCUT2D eigenvalue weighted by Crippen LogP contribution is 2.20. The Balaban J connectivity index is 1.55. The first kappa shape index (κ1) is 20.5. The number of aromatic nitrogens is 2. The van der Waals surface area contributed by atoms with E-state index in [9.17, 15) is 17.6 Å². The fourth-order valence-electron chi connectivity index (χ4n) is 3.15. The normalized spacial score (nSPS) is 10.7. The van der Waals surface area contributed by atoms with Crippen molar-refractivity contribution in [1.82, 2.24) is 9.97 Å². The first-order valence-corrected chi connectivity index (χ1v) is 9.55. The molecule has 0 bridgehead atoms. The summed E-state index contributed by atoms with van der Waals surface area (Å²) in [5, 5.41) is 0.948. The molecular weight excluding hydrogens is 404 g/mol. The average Bonchev–Trinajstić information content (AvgIpc) is 2.73. The van der Waals surface area contributed by atoms with Gasteiger partial charge in [-0.15, -0.1) is 0 Å². The summed E-state index contributed by atoms with van der Waals surface area (Å²) in [5.41, 5.74) is 1.50. The molecule has 0 atom stereocenters. The molecule has 4 aromatic rings. The van der Waals surface area contributed by atoms with Crippen LogP contribution in [0.3, 0.4) is 0 Å². The molecule has 4 rings (SSSR count). The van der Waals surface area contributed by atoms with Crippen LogP contribution in [0.5, 0.6) is 0 Å². The van der Waals surface area contributed by atoms with E-state index >= 15 is 0 Å². The Hall–Kier alpha value is -3.72. The zero-order valence-corrected chi connectivity index (χ0v) is 16.5. The highest BCUT2D eigenvalue weighted by Gasteiger charge is 2.10. The topological polar surface area (TPSA) is 25.8 Å². The van der Waals surface area contributed by atoms with Gasteiger partial charge in [0.05, 0.1) is 5.56 Å². The van der Waals surface area contributed by atoms with Crippen LogP contribution in [0.25, 0.3) is 10.8 Å². The molecule has 0 spiro atoms. The summed E-state index contributed by atoms with van der Waals surface area (Å²) >= 11 is 0. The van der Waals surface area contributed by atoms with Crippen LogP contribution in [-0.2, 0) is 12.8 Å². The van der Waals surface area contributed by atoms with E-state index in [1.54, 1.807) is 24.5 Å². The van der Waals surface area contributed by atoms with Crippen LogP contribution in [0.1, 0.15) is 28.1 Å². The molecule has 0 fully saturated rings. The third-order valence-corrected chi connectivity index (χ3v) is 4.78. The van der Waals surface area contributed by atoms with E-state index in [0.29, 0.717) is 40.6 Å². The highest BCUT2D eigenvalue weighted by atomic mass is 19.2. The van der Waals surface area contributed by atoms with Gasteiger partial charge in [0.1, 0.15) is 17.5 Å². The van der Waals surface area contributed by atoms with Crippen molar-refractivity contribution in [2.75, 3.05) is 0 Å². The molecule has 0 unspecified atom stereocenters. The van der Waals surface area contributed by atoms with Gasteiger partial charge in [-0.05, 0) is 71.6 Å². The predicted octanol–water partition coefficient (Wildman–Crippen LogP) is 5.68. The lowest BCUT2D eigenvalue weighted by atomic mass is 10.0. The molecule has 154 valence electrons. The number of benzene rings is 3. The zero-order chi connectivity index (χ0) is 22.0. The van der Waals surface area contributed by atoms with Crippen LogP contribution >= 0.6 is 0 Å². The van der Waals surface area contributed by atoms with Crippen molar-refractivity contribution >= 4 is 10.8 Å². The summed E-state index contributed by atoms with van der Waals surface area (Å²) in [5.74, 6) is 2.35. The van der Waals surface area contributed by atoms with Crippen molar-refractivity contribution in [2.24, 2.45) is 0 Å². The maximum absolute atomic E-state index is 14.5. The van der Waals surface area contributed by atoms with E-state index in [1.807, 2.05) is 6.92 Å². The van der Waals surface area contributed by atoms with Crippen LogP contribution in [0.15, 0.2) is 54.9 Å². The van der Waals surface area contributed by atoms with Crippen molar-refractivity contribution in [3.63, 3.8) is 0 Å². The molecular formula is C25H16F4N2. The number of hydrogen-bond acceptors (Lipinski definition) is 2. The Kier molecular flexibility index (Phi) is 5.68. The van der Waals surface area contributed by atoms with Crippen molar-refractivity contribution < 1.29 is 17.6 Å². The monoisotopic (exact) mass is 420 g/mol. The molecule has 0 radical (unpaired) electrons. The molecule has 0 saturated carbocycles. The third kappa shape index (κ3) is 4.72. The Bertz CT molecular complexity index is 1310. The largest absolute Gasteiger partial charge is 0.241 e. The van der Waals surface area contributed by atoms with Gasteiger partial charge in [-0.25, -0.2) is 27.5 Å². The van der Waals surface area contributed by atoms with Gasteiger partial charge in [-0.3, -0.25) is 0 Å². The summed E-state index contributed by atoms with van der Waals surface area (Å²) < 4.78 is 55.7. The minimum absolute atomic E-state index is 0.347. The van der Waals surface area contributed by atoms with E-state index in [1.165, 1.54) is 18.2 Å². The van der Waals surface area contributed by atoms with Crippen molar-refractivity contribution in [2.45, 2.75) is 19.8 Å². The maximum Gasteiger partial charge on any atom is 0.159 e. The van der Waals surface area contributed by atoms with Gasteiger partial charge in [0, 0.05) is 24.4 Å². The van der Waals surface area contributed by atoms with Crippen LogP contribution < -0.4 is 0 Å². The second-order valence-electron chi connectivity index (χ2n) is 7.19. The number of fused-ring (bicyclic) bond motifs is 1. The zero-order valence-electron chi connectivity index (χ0n) is 16.5. The second-order valence-corrected chi connectivity index (χ2v) is 7.19. The van der Waals surface area contributed by atoms with Crippen LogP contribution in [-0.4, -0.2) is 9.97 Å². The number of aryl methyl sites for hydroxylation is 3. The first-order valence-electron chi connectivity index (χ1n) is 9.55. The number of halogens is 4. The molecule has 0 saturated heterocycles. The lowest BCUT2D eigenvalue weighted by molar-refractivity contribution is 0.511. The fraction of sp³-hybridized carbons (Fsp3) is 0.120. The van der Waals surface area contributed by atoms with E-state index in [-0.39, 0.29) is 5.56 Å². The van der Waals surface area contributed by atoms with Crippen LogP contribution in [0.2, 0.25) is 0 Å². The molecule has 1 aromatic heterocycles. The molecule has 0 aliphatic heterocycles. The Morgan fingerprint density at radius 2 is 1.35 bits per heavy atom. The Labute approximate surface area is 176 Å². The lowest BCUT2D eigenvalue weighted by Crippen LogP contribution is -2.00. The van der Waals surface area contributed by atoms with Crippen molar-refractivity contribution in [3.8, 4) is 11.8 Å². The quantitative estimate of drug-likeness (QED) is 0.315. The minimum Gasteiger partial charge on any atom is -0.241 e. The van der Waals surface area contributed by atoms with E-state index in [0.717, 1.165) is 17.7 Å². The van der Waals surface area contributed by atoms with Gasteiger partial charge in [0.2, 0.25) is 0 Å². The molecule has 0 amide bonds. The fourth-order valence-corrected chi connectivity index (χ4v) is 3.15. The smallest absolute Gasteiger partial charge is 0.159 e. The molecule has 0 N–H and O–H groups in total. The maximum atomic E-state index is 14.5. The lowest BCUT2D eigenvalue weighted by Gasteiger charge is -2.05. The Morgan fingerprint density at radius 1 is 0.710 bits per heavy atom. The van der Waals surface area contributed by atoms with Gasteiger partial charge in [-0.2, -0.15) is 0 Å². The van der Waals surface area contributed by atoms with Gasteiger partial charge < -0.3 is 0 Å². The number of hydrogen-bond donors (Lipinski definition) is 0. The molecule has 2 nitrogen and oxygen atoms in total. The first-order chi connectivity index (χ1) is 14.9. The number of nitrogens with zero attached hydrogens (tertiary/aromatic N) is 2. The Morgan fingerprint density at radius 3 is 2.03 bits per heavy atom. The van der Waals surface area contributed by atoms with Gasteiger partial charge in [-0.1, -0.05) is 17.9 Å². The number of rotatable bonds is 3. The molecule has 0 aliphatic rings. The highest BCUT2D eigenvalue weighted by molar-refractivity contribution is 5.84. The summed E-state index contributed by atoms with van der Waals surface area (Å²) in [7, 11) is 0. The van der Waals surface area contributed by atoms with Crippen molar-refractivity contribution in [1.29, 1.82) is 0 Å². The van der Waals surface area contributed by atoms with E-state index in [2.05, 4.69) is 21.8 Å². The summed E-state index contributed by atoms with van der Waals surface area (Å²) in [6.45, 7) is 1.88. The SMILES string of the molecule is Cc1cnc(CCc2cc(F)c(C#Cc3ccc4cc(F)c(F)cc4c3)c(F)c2)nc1. The summed E-state index contributed by atoms with van der Waals surface area (Å²) in [6.07, 6.45) is 4.23. The van der Waals surface area contributed by atoms with Gasteiger partial charge in [0.15, 0.2) is 11.6 Å². The van der Waals surface area contributed by atoms with E-state index in [4.69, 9.17) is 0 Å². The van der Waals surface area contributed by atoms with Crippen LogP contribution in [0, 0.1) is 42.0 Å². The molecule has 3 aromatic carbocycles. The molecule has 31 heavy (non-hydrogen) atoms. The summed E-state index contributed by atoms with van der Waals surface area (Å²) in [6, 6.07) is 9.34. The molecule has 6 heteroatoms. The van der Waals surface area contributed by atoms with Gasteiger partial charge in [0.25, 0.3) is 0 Å². The molecule has 0 aliphatic carbocycles. The average molecular weight is 420 g/mol. The second kappa shape index (κ2) is 8.57. The van der Waals surface area contributed by atoms with Crippen molar-refractivity contribution in [3.05, 3.63) is 106 Å². The molecule has 1 heterocycles. The van der Waals surface area contributed by atoms with Crippen LogP contribution in [0.4, 0.5) is 17.6 Å². The van der Waals surface area contributed by atoms with Gasteiger partial charge >= 0.3 is 0 Å². The minimum atomic E-state index is -0.971. The van der Waals surface area contributed by atoms with E-state index < -0.39 is 23.3 Å². The third-order valence-electron chi connectivity index (χ3n) is 4.78. The predicted molar refractivity (Wildman–Crippen MR) is 110 cm³/mol.